The first kappa shape index (κ1) is 19.7. The van der Waals surface area contributed by atoms with Gasteiger partial charge in [0.2, 0.25) is 11.7 Å². The zero-order valence-corrected chi connectivity index (χ0v) is 17.6. The second-order valence-electron chi connectivity index (χ2n) is 7.06. The molecule has 1 saturated heterocycles. The lowest BCUT2D eigenvalue weighted by molar-refractivity contribution is -0.130. The van der Waals surface area contributed by atoms with Gasteiger partial charge in [-0.25, -0.2) is 0 Å². The van der Waals surface area contributed by atoms with Gasteiger partial charge in [-0.1, -0.05) is 36.4 Å². The Kier molecular flexibility index (Phi) is 6.01. The van der Waals surface area contributed by atoms with E-state index < -0.39 is 0 Å². The molecule has 0 radical (unpaired) electrons. The van der Waals surface area contributed by atoms with Crippen molar-refractivity contribution < 1.29 is 9.21 Å². The third-order valence-electron chi connectivity index (χ3n) is 5.16. The summed E-state index contributed by atoms with van der Waals surface area (Å²) in [5, 5.41) is 9.37. The number of aryl methyl sites for hydroxylation is 1. The Bertz CT molecular complexity index is 944. The minimum atomic E-state index is 0.142. The van der Waals surface area contributed by atoms with Crippen LogP contribution in [0.4, 0.5) is 0 Å². The lowest BCUT2D eigenvalue weighted by Crippen LogP contribution is -2.49. The first-order chi connectivity index (χ1) is 14.2. The highest BCUT2D eigenvalue weighted by atomic mass is 32.2. The molecule has 3 aromatic rings. The van der Waals surface area contributed by atoms with Crippen LogP contribution in [0, 0.1) is 6.92 Å². The zero-order chi connectivity index (χ0) is 20.2. The largest absolute Gasteiger partial charge is 0.461 e. The van der Waals surface area contributed by atoms with Gasteiger partial charge in [0.25, 0.3) is 0 Å². The Morgan fingerprint density at radius 2 is 1.86 bits per heavy atom. The van der Waals surface area contributed by atoms with Gasteiger partial charge in [0.15, 0.2) is 10.9 Å². The van der Waals surface area contributed by atoms with Crippen molar-refractivity contribution in [1.82, 2.24) is 24.6 Å². The summed E-state index contributed by atoms with van der Waals surface area (Å²) in [6.45, 7) is 8.69. The van der Waals surface area contributed by atoms with E-state index in [1.807, 2.05) is 45.9 Å². The van der Waals surface area contributed by atoms with E-state index in [9.17, 15) is 4.79 Å². The summed E-state index contributed by atoms with van der Waals surface area (Å²) in [7, 11) is 0. The summed E-state index contributed by atoms with van der Waals surface area (Å²) in [5.74, 6) is 1.76. The molecular weight excluding hydrogens is 386 g/mol. The number of likely N-dealkylation sites (N-methyl/N-ethyl adjacent to an activating group) is 1. The highest BCUT2D eigenvalue weighted by molar-refractivity contribution is 7.99. The van der Waals surface area contributed by atoms with Crippen LogP contribution in [0.3, 0.4) is 0 Å². The van der Waals surface area contributed by atoms with Crippen LogP contribution in [0.25, 0.3) is 17.3 Å². The fourth-order valence-corrected chi connectivity index (χ4v) is 4.24. The second-order valence-corrected chi connectivity index (χ2v) is 8.00. The standard InChI is InChI=1S/C21H25N5O2S/c1-3-24-10-12-25(13-11-24)19(27)15-29-21-23-22-20(18-5-4-14-28-18)26(21)17-8-6-16(2)7-9-17/h4-9,14H,3,10-13,15H2,1-2H3. The Labute approximate surface area is 174 Å². The molecule has 1 aliphatic heterocycles. The van der Waals surface area contributed by atoms with Crippen molar-refractivity contribution in [3.8, 4) is 17.3 Å². The Hall–Kier alpha value is -2.58. The number of carbonyl (C=O) groups excluding carboxylic acids is 1. The summed E-state index contributed by atoms with van der Waals surface area (Å²) in [6.07, 6.45) is 1.62. The number of aromatic nitrogens is 3. The van der Waals surface area contributed by atoms with Gasteiger partial charge in [-0.15, -0.1) is 10.2 Å². The third kappa shape index (κ3) is 4.38. The van der Waals surface area contributed by atoms with Crippen molar-refractivity contribution in [2.75, 3.05) is 38.5 Å². The smallest absolute Gasteiger partial charge is 0.233 e. The van der Waals surface area contributed by atoms with Crippen molar-refractivity contribution in [2.45, 2.75) is 19.0 Å². The molecule has 3 heterocycles. The summed E-state index contributed by atoms with van der Waals surface area (Å²) in [4.78, 5) is 17.0. The molecule has 0 aliphatic carbocycles. The first-order valence-electron chi connectivity index (χ1n) is 9.85. The van der Waals surface area contributed by atoms with E-state index in [0.29, 0.717) is 22.5 Å². The van der Waals surface area contributed by atoms with Gasteiger partial charge in [-0.05, 0) is 37.7 Å². The number of benzene rings is 1. The number of carbonyl (C=O) groups is 1. The number of rotatable bonds is 6. The van der Waals surface area contributed by atoms with Gasteiger partial charge < -0.3 is 14.2 Å². The van der Waals surface area contributed by atoms with Gasteiger partial charge in [0.1, 0.15) is 0 Å². The van der Waals surface area contributed by atoms with E-state index in [1.165, 1.54) is 17.3 Å². The molecule has 1 fully saturated rings. The summed E-state index contributed by atoms with van der Waals surface area (Å²) >= 11 is 1.42. The van der Waals surface area contributed by atoms with Crippen molar-refractivity contribution in [3.05, 3.63) is 48.2 Å². The van der Waals surface area contributed by atoms with Gasteiger partial charge >= 0.3 is 0 Å². The molecular formula is C21H25N5O2S. The number of furan rings is 1. The van der Waals surface area contributed by atoms with Crippen LogP contribution >= 0.6 is 11.8 Å². The topological polar surface area (TPSA) is 67.4 Å². The Balaban J connectivity index is 1.53. The quantitative estimate of drug-likeness (QED) is 0.581. The van der Waals surface area contributed by atoms with Gasteiger partial charge in [-0.3, -0.25) is 9.36 Å². The van der Waals surface area contributed by atoms with Crippen molar-refractivity contribution in [3.63, 3.8) is 0 Å². The summed E-state index contributed by atoms with van der Waals surface area (Å²) in [6, 6.07) is 11.8. The van der Waals surface area contributed by atoms with E-state index in [0.717, 1.165) is 38.4 Å². The number of hydrogen-bond acceptors (Lipinski definition) is 6. The molecule has 0 spiro atoms. The van der Waals surface area contributed by atoms with Crippen molar-refractivity contribution >= 4 is 17.7 Å². The molecule has 7 nitrogen and oxygen atoms in total. The molecule has 1 aromatic carbocycles. The minimum Gasteiger partial charge on any atom is -0.461 e. The SMILES string of the molecule is CCN1CCN(C(=O)CSc2nnc(-c3ccco3)n2-c2ccc(C)cc2)CC1. The van der Waals surface area contributed by atoms with Crippen LogP contribution in [-0.2, 0) is 4.79 Å². The molecule has 0 bridgehead atoms. The number of nitrogens with zero attached hydrogens (tertiary/aromatic N) is 5. The van der Waals surface area contributed by atoms with E-state index in [1.54, 1.807) is 6.26 Å². The molecule has 8 heteroatoms. The average Bonchev–Trinajstić information content (AvgIpc) is 3.42. The Morgan fingerprint density at radius 1 is 1.10 bits per heavy atom. The average molecular weight is 412 g/mol. The van der Waals surface area contributed by atoms with E-state index in [-0.39, 0.29) is 5.91 Å². The maximum atomic E-state index is 12.7. The Morgan fingerprint density at radius 3 is 2.52 bits per heavy atom. The number of amides is 1. The molecule has 1 aliphatic rings. The molecule has 1 amide bonds. The normalized spacial score (nSPS) is 15.0. The molecule has 0 atom stereocenters. The van der Waals surface area contributed by atoms with Gasteiger partial charge in [0, 0.05) is 31.9 Å². The maximum Gasteiger partial charge on any atom is 0.233 e. The van der Waals surface area contributed by atoms with E-state index in [4.69, 9.17) is 4.42 Å². The molecule has 0 N–H and O–H groups in total. The maximum absolute atomic E-state index is 12.7. The fourth-order valence-electron chi connectivity index (χ4n) is 3.39. The van der Waals surface area contributed by atoms with Crippen LogP contribution in [-0.4, -0.2) is 68.9 Å². The summed E-state index contributed by atoms with van der Waals surface area (Å²) < 4.78 is 7.50. The van der Waals surface area contributed by atoms with Crippen molar-refractivity contribution in [1.29, 1.82) is 0 Å². The predicted molar refractivity (Wildman–Crippen MR) is 113 cm³/mol. The first-order valence-corrected chi connectivity index (χ1v) is 10.8. The van der Waals surface area contributed by atoms with Crippen LogP contribution in [0.1, 0.15) is 12.5 Å². The highest BCUT2D eigenvalue weighted by Crippen LogP contribution is 2.28. The monoisotopic (exact) mass is 411 g/mol. The summed E-state index contributed by atoms with van der Waals surface area (Å²) in [5.41, 5.74) is 2.12. The molecule has 0 unspecified atom stereocenters. The van der Waals surface area contributed by atoms with Gasteiger partial charge in [-0.2, -0.15) is 0 Å². The minimum absolute atomic E-state index is 0.142. The predicted octanol–water partition coefficient (Wildman–Crippen LogP) is 3.09. The van der Waals surface area contributed by atoms with Crippen LogP contribution in [0.5, 0.6) is 0 Å². The molecule has 0 saturated carbocycles. The highest BCUT2D eigenvalue weighted by Gasteiger charge is 2.23. The lowest BCUT2D eigenvalue weighted by Gasteiger charge is -2.34. The molecule has 29 heavy (non-hydrogen) atoms. The van der Waals surface area contributed by atoms with Gasteiger partial charge in [0.05, 0.1) is 12.0 Å². The third-order valence-corrected chi connectivity index (χ3v) is 6.08. The molecule has 152 valence electrons. The van der Waals surface area contributed by atoms with Crippen LogP contribution in [0.15, 0.2) is 52.2 Å². The second kappa shape index (κ2) is 8.84. The zero-order valence-electron chi connectivity index (χ0n) is 16.7. The van der Waals surface area contributed by atoms with Crippen LogP contribution in [0.2, 0.25) is 0 Å². The lowest BCUT2D eigenvalue weighted by atomic mass is 10.2. The number of hydrogen-bond donors (Lipinski definition) is 0. The fraction of sp³-hybridized carbons (Fsp3) is 0.381. The van der Waals surface area contributed by atoms with E-state index >= 15 is 0 Å². The molecule has 4 rings (SSSR count). The number of piperazine rings is 1. The molecule has 2 aromatic heterocycles. The van der Waals surface area contributed by atoms with Crippen LogP contribution < -0.4 is 0 Å². The van der Waals surface area contributed by atoms with Crippen molar-refractivity contribution in [2.24, 2.45) is 0 Å². The van der Waals surface area contributed by atoms with E-state index in [2.05, 4.69) is 28.9 Å². The number of thioether (sulfide) groups is 1.